The van der Waals surface area contributed by atoms with Gasteiger partial charge in [0.15, 0.2) is 0 Å². The normalized spacial score (nSPS) is 22.3. The van der Waals surface area contributed by atoms with E-state index in [0.717, 1.165) is 25.5 Å². The third kappa shape index (κ3) is 3.14. The first kappa shape index (κ1) is 14.5. The van der Waals surface area contributed by atoms with Gasteiger partial charge in [0.25, 0.3) is 0 Å². The average Bonchev–Trinajstić information content (AvgIpc) is 2.41. The molecular formula is C14H18FN3O2. The van der Waals surface area contributed by atoms with Gasteiger partial charge in [-0.15, -0.1) is 0 Å². The van der Waals surface area contributed by atoms with Crippen LogP contribution in [0.2, 0.25) is 0 Å². The van der Waals surface area contributed by atoms with Gasteiger partial charge in [-0.3, -0.25) is 9.59 Å². The van der Waals surface area contributed by atoms with Gasteiger partial charge in [-0.05, 0) is 43.5 Å². The Labute approximate surface area is 116 Å². The van der Waals surface area contributed by atoms with Crippen LogP contribution in [0.5, 0.6) is 0 Å². The van der Waals surface area contributed by atoms with E-state index in [2.05, 4.69) is 10.6 Å². The number of hydrogen-bond donors (Lipinski definition) is 3. The van der Waals surface area contributed by atoms with E-state index in [1.807, 2.05) is 6.92 Å². The molecule has 20 heavy (non-hydrogen) atoms. The molecule has 5 nitrogen and oxygen atoms in total. The molecule has 2 atom stereocenters. The highest BCUT2D eigenvalue weighted by molar-refractivity contribution is 5.98. The Hall–Kier alpha value is -1.95. The van der Waals surface area contributed by atoms with E-state index in [4.69, 9.17) is 5.73 Å². The summed E-state index contributed by atoms with van der Waals surface area (Å²) in [6, 6.07) is 3.31. The molecule has 0 radical (unpaired) electrons. The number of nitrogens with two attached hydrogens (primary N) is 1. The summed E-state index contributed by atoms with van der Waals surface area (Å²) in [4.78, 5) is 23.2. The van der Waals surface area contributed by atoms with Crippen molar-refractivity contribution in [2.45, 2.75) is 25.8 Å². The van der Waals surface area contributed by atoms with Crippen LogP contribution in [0.4, 0.5) is 10.1 Å². The quantitative estimate of drug-likeness (QED) is 0.778. The Balaban J connectivity index is 2.14. The lowest BCUT2D eigenvalue weighted by atomic mass is 9.92. The number of anilines is 1. The van der Waals surface area contributed by atoms with Gasteiger partial charge in [0.1, 0.15) is 5.82 Å². The van der Waals surface area contributed by atoms with Crippen LogP contribution in [-0.2, 0) is 4.79 Å². The van der Waals surface area contributed by atoms with Crippen molar-refractivity contribution in [2.24, 2.45) is 11.7 Å². The molecule has 1 aliphatic heterocycles. The molecule has 0 spiro atoms. The summed E-state index contributed by atoms with van der Waals surface area (Å²) in [6.07, 6.45) is 1.98. The smallest absolute Gasteiger partial charge is 0.248 e. The largest absolute Gasteiger partial charge is 0.366 e. The van der Waals surface area contributed by atoms with E-state index < -0.39 is 11.7 Å². The molecule has 2 amide bonds. The first-order chi connectivity index (χ1) is 9.49. The third-order valence-corrected chi connectivity index (χ3v) is 3.56. The van der Waals surface area contributed by atoms with E-state index >= 15 is 0 Å². The molecule has 2 rings (SSSR count). The maximum Gasteiger partial charge on any atom is 0.248 e. The second-order valence-electron chi connectivity index (χ2n) is 5.10. The van der Waals surface area contributed by atoms with Crippen LogP contribution in [-0.4, -0.2) is 24.4 Å². The van der Waals surface area contributed by atoms with Crippen LogP contribution in [0.25, 0.3) is 0 Å². The van der Waals surface area contributed by atoms with E-state index in [9.17, 15) is 14.0 Å². The van der Waals surface area contributed by atoms with Crippen molar-refractivity contribution >= 4 is 17.5 Å². The highest BCUT2D eigenvalue weighted by Crippen LogP contribution is 2.20. The van der Waals surface area contributed by atoms with Crippen LogP contribution < -0.4 is 16.4 Å². The molecule has 0 bridgehead atoms. The Bertz CT molecular complexity index is 533. The van der Waals surface area contributed by atoms with E-state index in [1.54, 1.807) is 0 Å². The van der Waals surface area contributed by atoms with E-state index in [-0.39, 0.29) is 29.1 Å². The highest BCUT2D eigenvalue weighted by atomic mass is 19.1. The van der Waals surface area contributed by atoms with Gasteiger partial charge in [-0.2, -0.15) is 0 Å². The lowest BCUT2D eigenvalue weighted by Gasteiger charge is -2.29. The van der Waals surface area contributed by atoms with Gasteiger partial charge in [0.05, 0.1) is 11.7 Å². The molecule has 1 aromatic rings. The number of hydrogen-bond acceptors (Lipinski definition) is 3. The summed E-state index contributed by atoms with van der Waals surface area (Å²) >= 11 is 0. The van der Waals surface area contributed by atoms with Gasteiger partial charge in [-0.1, -0.05) is 6.92 Å². The van der Waals surface area contributed by atoms with Gasteiger partial charge in [-0.25, -0.2) is 4.39 Å². The van der Waals surface area contributed by atoms with Crippen LogP contribution in [0.15, 0.2) is 18.2 Å². The predicted molar refractivity (Wildman–Crippen MR) is 73.7 cm³/mol. The fraction of sp³-hybridized carbons (Fsp3) is 0.429. The lowest BCUT2D eigenvalue weighted by Crippen LogP contribution is -2.48. The standard InChI is InChI=1S/C14H18FN3O2/c1-8-3-2-6-17-12(8)14(20)18-11-7-9(13(16)19)4-5-10(11)15/h4-5,7-8,12,17H,2-3,6H2,1H3,(H2,16,19)(H,18,20). The van der Waals surface area contributed by atoms with Gasteiger partial charge >= 0.3 is 0 Å². The van der Waals surface area contributed by atoms with Crippen LogP contribution in [0.3, 0.4) is 0 Å². The van der Waals surface area contributed by atoms with Gasteiger partial charge < -0.3 is 16.4 Å². The molecule has 0 aliphatic carbocycles. The summed E-state index contributed by atoms with van der Waals surface area (Å²) < 4.78 is 13.7. The fourth-order valence-electron chi connectivity index (χ4n) is 2.39. The van der Waals surface area contributed by atoms with Crippen molar-refractivity contribution in [1.82, 2.24) is 5.32 Å². The summed E-state index contributed by atoms with van der Waals surface area (Å²) in [7, 11) is 0. The van der Waals surface area contributed by atoms with Gasteiger partial charge in [0.2, 0.25) is 11.8 Å². The SMILES string of the molecule is CC1CCCNC1C(=O)Nc1cc(C(N)=O)ccc1F. The Morgan fingerprint density at radius 2 is 2.20 bits per heavy atom. The minimum Gasteiger partial charge on any atom is -0.366 e. The van der Waals surface area contributed by atoms with E-state index in [1.165, 1.54) is 12.1 Å². The summed E-state index contributed by atoms with van der Waals surface area (Å²) in [5, 5.41) is 5.64. The average molecular weight is 279 g/mol. The molecule has 6 heteroatoms. The van der Waals surface area contributed by atoms with Gasteiger partial charge in [0, 0.05) is 5.56 Å². The molecule has 1 fully saturated rings. The number of amides is 2. The van der Waals surface area contributed by atoms with Crippen molar-refractivity contribution in [3.8, 4) is 0 Å². The Morgan fingerprint density at radius 3 is 2.85 bits per heavy atom. The van der Waals surface area contributed by atoms with Crippen LogP contribution in [0, 0.1) is 11.7 Å². The Morgan fingerprint density at radius 1 is 1.45 bits per heavy atom. The molecule has 4 N–H and O–H groups in total. The molecule has 2 unspecified atom stereocenters. The number of carbonyl (C=O) groups is 2. The second kappa shape index (κ2) is 6.00. The number of benzene rings is 1. The van der Waals surface area contributed by atoms with Crippen molar-refractivity contribution < 1.29 is 14.0 Å². The number of carbonyl (C=O) groups excluding carboxylic acids is 2. The number of nitrogens with one attached hydrogen (secondary N) is 2. The number of halogens is 1. The molecule has 0 aromatic heterocycles. The maximum absolute atomic E-state index is 13.7. The molecular weight excluding hydrogens is 261 g/mol. The van der Waals surface area contributed by atoms with Crippen molar-refractivity contribution in [2.75, 3.05) is 11.9 Å². The zero-order chi connectivity index (χ0) is 14.7. The number of rotatable bonds is 3. The maximum atomic E-state index is 13.7. The third-order valence-electron chi connectivity index (χ3n) is 3.56. The molecule has 0 saturated carbocycles. The minimum absolute atomic E-state index is 0.0223. The van der Waals surface area contributed by atoms with Crippen molar-refractivity contribution in [3.63, 3.8) is 0 Å². The van der Waals surface area contributed by atoms with Crippen molar-refractivity contribution in [1.29, 1.82) is 0 Å². The number of primary amides is 1. The zero-order valence-electron chi connectivity index (χ0n) is 11.3. The summed E-state index contributed by atoms with van der Waals surface area (Å²) in [5.74, 6) is -1.36. The molecule has 1 aromatic carbocycles. The Kier molecular flexibility index (Phi) is 4.34. The highest BCUT2D eigenvalue weighted by Gasteiger charge is 2.27. The van der Waals surface area contributed by atoms with E-state index in [0.29, 0.717) is 0 Å². The molecule has 1 saturated heterocycles. The van der Waals surface area contributed by atoms with Crippen molar-refractivity contribution in [3.05, 3.63) is 29.6 Å². The summed E-state index contributed by atoms with van der Waals surface area (Å²) in [6.45, 7) is 2.75. The first-order valence-electron chi connectivity index (χ1n) is 6.62. The predicted octanol–water partition coefficient (Wildman–Crippen LogP) is 1.25. The van der Waals surface area contributed by atoms with Crippen LogP contribution >= 0.6 is 0 Å². The lowest BCUT2D eigenvalue weighted by molar-refractivity contribution is -0.119. The minimum atomic E-state index is -0.662. The molecule has 1 aliphatic rings. The van der Waals surface area contributed by atoms with Crippen LogP contribution in [0.1, 0.15) is 30.1 Å². The first-order valence-corrected chi connectivity index (χ1v) is 6.62. The fourth-order valence-corrected chi connectivity index (χ4v) is 2.39. The number of piperidine rings is 1. The summed E-state index contributed by atoms with van der Waals surface area (Å²) in [5.41, 5.74) is 5.28. The second-order valence-corrected chi connectivity index (χ2v) is 5.10. The molecule has 1 heterocycles. The molecule has 108 valence electrons. The monoisotopic (exact) mass is 279 g/mol. The zero-order valence-corrected chi connectivity index (χ0v) is 11.3. The topological polar surface area (TPSA) is 84.2 Å².